The first kappa shape index (κ1) is 24.9. The summed E-state index contributed by atoms with van der Waals surface area (Å²) in [5.74, 6) is -0.659. The molecule has 1 unspecified atom stereocenters. The van der Waals surface area contributed by atoms with Gasteiger partial charge in [0.25, 0.3) is 0 Å². The number of pyridine rings is 2. The van der Waals surface area contributed by atoms with Gasteiger partial charge in [0.1, 0.15) is 11.8 Å². The Bertz CT molecular complexity index is 1520. The minimum Gasteiger partial charge on any atom is -0.383 e. The summed E-state index contributed by atoms with van der Waals surface area (Å²) in [5, 5.41) is 25.8. The van der Waals surface area contributed by atoms with E-state index in [0.717, 1.165) is 0 Å². The molecule has 0 aliphatic heterocycles. The minimum absolute atomic E-state index is 0.0488. The van der Waals surface area contributed by atoms with Gasteiger partial charge in [0, 0.05) is 30.0 Å². The summed E-state index contributed by atoms with van der Waals surface area (Å²) in [5.41, 5.74) is 2.20. The maximum Gasteiger partial charge on any atom is 0.212 e. The predicted molar refractivity (Wildman–Crippen MR) is 144 cm³/mol. The number of hydrogen-bond acceptors (Lipinski definition) is 7. The van der Waals surface area contributed by atoms with E-state index in [1.165, 1.54) is 24.5 Å². The third kappa shape index (κ3) is 5.97. The van der Waals surface area contributed by atoms with E-state index in [0.29, 0.717) is 45.0 Å². The van der Waals surface area contributed by atoms with Crippen molar-refractivity contribution >= 4 is 33.9 Å². The summed E-state index contributed by atoms with van der Waals surface area (Å²) in [4.78, 5) is 8.16. The van der Waals surface area contributed by atoms with E-state index in [9.17, 15) is 11.0 Å². The highest BCUT2D eigenvalue weighted by Gasteiger charge is 2.23. The van der Waals surface area contributed by atoms with Crippen molar-refractivity contribution < 1.29 is 5.76 Å². The molecule has 1 aromatic carbocycles. The van der Waals surface area contributed by atoms with Crippen LogP contribution in [0.1, 0.15) is 65.8 Å². The molecule has 3 heterocycles. The predicted octanol–water partition coefficient (Wildman–Crippen LogP) is 6.30. The average Bonchev–Trinajstić information content (AvgIpc) is 3.34. The van der Waals surface area contributed by atoms with Crippen LogP contribution >= 0.6 is 11.6 Å². The van der Waals surface area contributed by atoms with E-state index >= 15 is 0 Å². The Labute approximate surface area is 222 Å². The van der Waals surface area contributed by atoms with Crippen LogP contribution in [0.2, 0.25) is 5.02 Å². The molecule has 0 bridgehead atoms. The van der Waals surface area contributed by atoms with Gasteiger partial charge in [-0.05, 0) is 49.9 Å². The fourth-order valence-electron chi connectivity index (χ4n) is 3.62. The number of halogens is 2. The first-order valence-corrected chi connectivity index (χ1v) is 12.2. The molecule has 0 aliphatic carbocycles. The summed E-state index contributed by atoms with van der Waals surface area (Å²) in [6.07, 6.45) is 4.47. The normalized spacial score (nSPS) is 14.1. The Balaban J connectivity index is 1.87. The molecule has 1 atom stereocenters. The summed E-state index contributed by atoms with van der Waals surface area (Å²) in [7, 11) is 0. The third-order valence-corrected chi connectivity index (χ3v) is 5.85. The number of aromatic nitrogens is 5. The van der Waals surface area contributed by atoms with E-state index in [2.05, 4.69) is 57.8 Å². The average molecular weight is 522 g/mol. The molecule has 0 saturated carbocycles. The number of nitriles is 1. The second kappa shape index (κ2) is 9.94. The lowest BCUT2D eigenvalue weighted by Gasteiger charge is -2.22. The first-order valence-electron chi connectivity index (χ1n) is 12.3. The van der Waals surface area contributed by atoms with E-state index in [1.54, 1.807) is 23.0 Å². The number of anilines is 2. The molecule has 0 fully saturated rings. The van der Waals surface area contributed by atoms with Gasteiger partial charge in [-0.15, -0.1) is 5.10 Å². The summed E-state index contributed by atoms with van der Waals surface area (Å²) in [6.45, 7) is 12.8. The van der Waals surface area contributed by atoms with Crippen molar-refractivity contribution in [3.63, 3.8) is 0 Å². The highest BCUT2D eigenvalue weighted by Crippen LogP contribution is 2.36. The molecule has 4 aromatic rings. The van der Waals surface area contributed by atoms with Crippen molar-refractivity contribution in [2.24, 2.45) is 5.41 Å². The molecular formula is C27H30ClFN8. The highest BCUT2D eigenvalue weighted by molar-refractivity contribution is 6.35. The van der Waals surface area contributed by atoms with Crippen LogP contribution in [0.5, 0.6) is 0 Å². The molecule has 0 aliphatic rings. The monoisotopic (exact) mass is 521 g/mol. The topological polar surface area (TPSA) is 104 Å². The molecule has 10 heteroatoms. The van der Waals surface area contributed by atoms with Crippen LogP contribution in [-0.4, -0.2) is 31.5 Å². The Morgan fingerprint density at radius 1 is 1.16 bits per heavy atom. The Kier molecular flexibility index (Phi) is 6.69. The number of nitrogens with zero attached hydrogens (tertiary/aromatic N) is 6. The van der Waals surface area contributed by atoms with Crippen molar-refractivity contribution in [1.29, 1.82) is 5.26 Å². The van der Waals surface area contributed by atoms with Crippen molar-refractivity contribution in [3.8, 4) is 6.07 Å². The van der Waals surface area contributed by atoms with Crippen LogP contribution < -0.4 is 10.6 Å². The SMILES string of the molecule is [2H]C(Nc1cc(Cl)c2ncc(C#N)c(NCC(C)(C)C)c2c1)(c1ccc(F)nc1)c1cn(C(C)(C)C)nn1. The summed E-state index contributed by atoms with van der Waals surface area (Å²) < 4.78 is 24.8. The second-order valence-corrected chi connectivity index (χ2v) is 11.4. The van der Waals surface area contributed by atoms with Crippen LogP contribution in [0, 0.1) is 22.7 Å². The molecule has 37 heavy (non-hydrogen) atoms. The number of rotatable bonds is 6. The maximum atomic E-state index is 13.7. The van der Waals surface area contributed by atoms with Crippen molar-refractivity contribution in [2.45, 2.75) is 53.1 Å². The quantitative estimate of drug-likeness (QED) is 0.287. The fourth-order valence-corrected chi connectivity index (χ4v) is 3.89. The van der Waals surface area contributed by atoms with Gasteiger partial charge in [-0.3, -0.25) is 4.98 Å². The lowest BCUT2D eigenvalue weighted by molar-refractivity contribution is 0.347. The van der Waals surface area contributed by atoms with E-state index in [4.69, 9.17) is 11.6 Å². The second-order valence-electron chi connectivity index (χ2n) is 11.0. The number of hydrogen-bond donors (Lipinski definition) is 2. The summed E-state index contributed by atoms with van der Waals surface area (Å²) in [6, 6.07) is 6.62. The van der Waals surface area contributed by atoms with Gasteiger partial charge in [-0.25, -0.2) is 9.67 Å². The van der Waals surface area contributed by atoms with Crippen molar-refractivity contribution in [1.82, 2.24) is 25.0 Å². The lowest BCUT2D eigenvalue weighted by Crippen LogP contribution is -2.22. The Morgan fingerprint density at radius 2 is 1.92 bits per heavy atom. The molecule has 0 saturated heterocycles. The third-order valence-electron chi connectivity index (χ3n) is 5.56. The van der Waals surface area contributed by atoms with Crippen LogP contribution in [0.3, 0.4) is 0 Å². The molecule has 8 nitrogen and oxygen atoms in total. The van der Waals surface area contributed by atoms with Gasteiger partial charge in [-0.1, -0.05) is 43.7 Å². The molecule has 4 rings (SSSR count). The van der Waals surface area contributed by atoms with Crippen LogP contribution in [0.4, 0.5) is 15.8 Å². The van der Waals surface area contributed by atoms with E-state index in [-0.39, 0.29) is 16.6 Å². The molecule has 0 spiro atoms. The zero-order chi connectivity index (χ0) is 27.9. The van der Waals surface area contributed by atoms with Crippen molar-refractivity contribution in [3.05, 3.63) is 70.6 Å². The first-order chi connectivity index (χ1) is 17.7. The lowest BCUT2D eigenvalue weighted by atomic mass is 9.96. The maximum absolute atomic E-state index is 13.7. The van der Waals surface area contributed by atoms with Gasteiger partial charge in [0.15, 0.2) is 0 Å². The molecule has 192 valence electrons. The smallest absolute Gasteiger partial charge is 0.212 e. The zero-order valence-corrected chi connectivity index (χ0v) is 22.4. The number of nitrogens with one attached hydrogen (secondary N) is 2. The van der Waals surface area contributed by atoms with Gasteiger partial charge in [0.2, 0.25) is 5.95 Å². The molecule has 0 radical (unpaired) electrons. The highest BCUT2D eigenvalue weighted by atomic mass is 35.5. The van der Waals surface area contributed by atoms with E-state index < -0.39 is 12.0 Å². The van der Waals surface area contributed by atoms with Crippen LogP contribution in [-0.2, 0) is 5.54 Å². The molecule has 2 N–H and O–H groups in total. The van der Waals surface area contributed by atoms with Crippen LogP contribution in [0.25, 0.3) is 10.9 Å². The van der Waals surface area contributed by atoms with E-state index in [1.807, 2.05) is 20.8 Å². The Hall–Kier alpha value is -3.77. The zero-order valence-electron chi connectivity index (χ0n) is 22.7. The minimum atomic E-state index is -1.69. The number of benzene rings is 1. The van der Waals surface area contributed by atoms with Gasteiger partial charge >= 0.3 is 0 Å². The van der Waals surface area contributed by atoms with Gasteiger partial charge in [-0.2, -0.15) is 9.65 Å². The molecular weight excluding hydrogens is 491 g/mol. The fraction of sp³-hybridized carbons (Fsp3) is 0.370. The van der Waals surface area contributed by atoms with Gasteiger partial charge in [0.05, 0.1) is 40.9 Å². The standard InChI is InChI=1S/C27H30ClFN8/c1-26(2,3)15-33-23-17(11-30)13-32-25-19(23)9-18(10-20(25)28)34-24(16-7-8-22(29)31-12-16)21-14-37(36-35-21)27(4,5)6/h7-10,12-14,24,34H,15H2,1-6H3,(H,32,33)/i24D. The largest absolute Gasteiger partial charge is 0.383 e. The Morgan fingerprint density at radius 3 is 2.51 bits per heavy atom. The number of fused-ring (bicyclic) bond motifs is 1. The molecule has 0 amide bonds. The van der Waals surface area contributed by atoms with Crippen molar-refractivity contribution in [2.75, 3.05) is 17.2 Å². The summed E-state index contributed by atoms with van der Waals surface area (Å²) >= 11 is 6.66. The van der Waals surface area contributed by atoms with Crippen LogP contribution in [0.15, 0.2) is 42.9 Å². The molecule has 3 aromatic heterocycles. The van der Waals surface area contributed by atoms with Gasteiger partial charge < -0.3 is 10.6 Å².